The Morgan fingerprint density at radius 1 is 1.50 bits per heavy atom. The van der Waals surface area contributed by atoms with Gasteiger partial charge in [0.2, 0.25) is 0 Å². The lowest BCUT2D eigenvalue weighted by Gasteiger charge is -2.11. The number of sulfone groups is 1. The molecule has 0 aromatic heterocycles. The van der Waals surface area contributed by atoms with Crippen LogP contribution in [-0.2, 0) is 9.84 Å². The van der Waals surface area contributed by atoms with Crippen molar-refractivity contribution >= 4 is 38.1 Å². The van der Waals surface area contributed by atoms with Crippen molar-refractivity contribution in [2.24, 2.45) is 0 Å². The summed E-state index contributed by atoms with van der Waals surface area (Å²) < 4.78 is 28.7. The molecule has 98 valence electrons. The molecule has 1 aromatic rings. The molecule has 0 aliphatic rings. The van der Waals surface area contributed by atoms with E-state index < -0.39 is 9.84 Å². The van der Waals surface area contributed by atoms with Crippen LogP contribution in [0.3, 0.4) is 0 Å². The predicted molar refractivity (Wildman–Crippen MR) is 78.1 cm³/mol. The second-order valence-corrected chi connectivity index (χ2v) is 7.21. The molecule has 0 aliphatic heterocycles. The average molecular weight is 380 g/mol. The van der Waals surface area contributed by atoms with E-state index in [2.05, 4.69) is 0 Å². The molecule has 0 amide bonds. The van der Waals surface area contributed by atoms with Crippen LogP contribution in [0.5, 0.6) is 5.75 Å². The highest BCUT2D eigenvalue weighted by Gasteiger charge is 2.11. The summed E-state index contributed by atoms with van der Waals surface area (Å²) in [5, 5.41) is 8.76. The van der Waals surface area contributed by atoms with Crippen LogP contribution >= 0.6 is 22.6 Å². The first-order valence-corrected chi connectivity index (χ1v) is 8.12. The first kappa shape index (κ1) is 15.0. The molecule has 0 saturated heterocycles. The monoisotopic (exact) mass is 380 g/mol. The number of ether oxygens (including phenoxy) is 1. The van der Waals surface area contributed by atoms with Gasteiger partial charge in [0.15, 0.2) is 15.6 Å². The lowest BCUT2D eigenvalue weighted by molar-refractivity contribution is 0.340. The number of nitriles is 1. The number of hydrogen-bond donors (Lipinski definition) is 1. The fraction of sp³-hybridized carbons (Fsp3) is 0.364. The van der Waals surface area contributed by atoms with E-state index in [9.17, 15) is 8.42 Å². The molecule has 5 nitrogen and oxygen atoms in total. The summed E-state index contributed by atoms with van der Waals surface area (Å²) in [6, 6.07) is 5.13. The van der Waals surface area contributed by atoms with Crippen molar-refractivity contribution in [3.63, 3.8) is 0 Å². The van der Waals surface area contributed by atoms with Gasteiger partial charge in [0.1, 0.15) is 6.61 Å². The van der Waals surface area contributed by atoms with Crippen LogP contribution in [-0.4, -0.2) is 26.5 Å². The molecule has 1 rings (SSSR count). The molecule has 0 unspecified atom stereocenters. The smallest absolute Gasteiger partial charge is 0.155 e. The van der Waals surface area contributed by atoms with Crippen LogP contribution in [0.1, 0.15) is 12.5 Å². The van der Waals surface area contributed by atoms with Crippen LogP contribution < -0.4 is 10.5 Å². The molecular formula is C11H13IN2O3S. The highest BCUT2D eigenvalue weighted by molar-refractivity contribution is 14.1. The van der Waals surface area contributed by atoms with Gasteiger partial charge in [0.25, 0.3) is 0 Å². The van der Waals surface area contributed by atoms with E-state index in [1.54, 1.807) is 13.0 Å². The summed E-state index contributed by atoms with van der Waals surface area (Å²) >= 11 is 2.00. The Morgan fingerprint density at radius 3 is 2.67 bits per heavy atom. The van der Waals surface area contributed by atoms with E-state index >= 15 is 0 Å². The molecule has 0 bridgehead atoms. The molecule has 0 spiro atoms. The topological polar surface area (TPSA) is 93.2 Å². The van der Waals surface area contributed by atoms with Crippen LogP contribution in [0.25, 0.3) is 0 Å². The standard InChI is InChI=1S/C11H13IN2O3S/c1-2-18(15,16)4-3-17-11-9(12)5-8(7-13)6-10(11)14/h5-6H,2-4,14H2,1H3. The quantitative estimate of drug-likeness (QED) is 0.618. The fourth-order valence-electron chi connectivity index (χ4n) is 1.25. The second-order valence-electron chi connectivity index (χ2n) is 3.57. The second kappa shape index (κ2) is 6.24. The maximum Gasteiger partial charge on any atom is 0.155 e. The first-order chi connectivity index (χ1) is 8.39. The Kier molecular flexibility index (Phi) is 5.22. The van der Waals surface area contributed by atoms with Crippen molar-refractivity contribution in [1.82, 2.24) is 0 Å². The molecule has 0 radical (unpaired) electrons. The number of benzene rings is 1. The maximum absolute atomic E-state index is 11.3. The van der Waals surface area contributed by atoms with Crippen molar-refractivity contribution in [2.45, 2.75) is 6.92 Å². The van der Waals surface area contributed by atoms with E-state index in [1.807, 2.05) is 28.7 Å². The number of nitrogens with zero attached hydrogens (tertiary/aromatic N) is 1. The predicted octanol–water partition coefficient (Wildman–Crippen LogP) is 1.56. The molecule has 0 aliphatic carbocycles. The maximum atomic E-state index is 11.3. The summed E-state index contributed by atoms with van der Waals surface area (Å²) in [4.78, 5) is 0. The van der Waals surface area contributed by atoms with Gasteiger partial charge in [-0.1, -0.05) is 6.92 Å². The molecule has 1 aromatic carbocycles. The molecule has 0 fully saturated rings. The molecule has 7 heteroatoms. The van der Waals surface area contributed by atoms with E-state index in [0.29, 0.717) is 20.6 Å². The number of nitrogens with two attached hydrogens (primary N) is 1. The van der Waals surface area contributed by atoms with Gasteiger partial charge in [-0.15, -0.1) is 0 Å². The van der Waals surface area contributed by atoms with E-state index in [-0.39, 0.29) is 18.1 Å². The molecule has 0 atom stereocenters. The normalized spacial score (nSPS) is 10.9. The number of nitrogen functional groups attached to an aromatic ring is 1. The van der Waals surface area contributed by atoms with Gasteiger partial charge in [0.05, 0.1) is 26.6 Å². The zero-order valence-electron chi connectivity index (χ0n) is 9.81. The van der Waals surface area contributed by atoms with Crippen LogP contribution in [0.2, 0.25) is 0 Å². The first-order valence-electron chi connectivity index (χ1n) is 5.22. The molecule has 0 saturated carbocycles. The molecule has 0 heterocycles. The SMILES string of the molecule is CCS(=O)(=O)CCOc1c(N)cc(C#N)cc1I. The van der Waals surface area contributed by atoms with Gasteiger partial charge in [-0.25, -0.2) is 8.42 Å². The van der Waals surface area contributed by atoms with Crippen molar-refractivity contribution in [3.8, 4) is 11.8 Å². The number of rotatable bonds is 5. The van der Waals surface area contributed by atoms with Crippen molar-refractivity contribution < 1.29 is 13.2 Å². The van der Waals surface area contributed by atoms with Gasteiger partial charge in [-0.05, 0) is 34.7 Å². The number of halogens is 1. The molecule has 2 N–H and O–H groups in total. The zero-order chi connectivity index (χ0) is 13.8. The van der Waals surface area contributed by atoms with Gasteiger partial charge in [0, 0.05) is 5.75 Å². The van der Waals surface area contributed by atoms with Crippen molar-refractivity contribution in [2.75, 3.05) is 23.8 Å². The summed E-state index contributed by atoms with van der Waals surface area (Å²) in [5.74, 6) is 0.482. The Bertz CT molecular complexity index is 555. The lowest BCUT2D eigenvalue weighted by atomic mass is 10.2. The summed E-state index contributed by atoms with van der Waals surface area (Å²) in [5.41, 5.74) is 6.54. The van der Waals surface area contributed by atoms with Gasteiger partial charge >= 0.3 is 0 Å². The van der Waals surface area contributed by atoms with E-state index in [4.69, 9.17) is 15.7 Å². The third-order valence-corrected chi connectivity index (χ3v) is 4.75. The molecular weight excluding hydrogens is 367 g/mol. The van der Waals surface area contributed by atoms with Crippen LogP contribution in [0, 0.1) is 14.9 Å². The number of hydrogen-bond acceptors (Lipinski definition) is 5. The van der Waals surface area contributed by atoms with Gasteiger partial charge in [-0.2, -0.15) is 5.26 Å². The van der Waals surface area contributed by atoms with Crippen LogP contribution in [0.4, 0.5) is 5.69 Å². The molecule has 18 heavy (non-hydrogen) atoms. The van der Waals surface area contributed by atoms with Gasteiger partial charge in [-0.3, -0.25) is 0 Å². The Hall–Kier alpha value is -1.01. The Morgan fingerprint density at radius 2 is 2.17 bits per heavy atom. The van der Waals surface area contributed by atoms with E-state index in [0.717, 1.165) is 0 Å². The third kappa shape index (κ3) is 4.03. The average Bonchev–Trinajstić information content (AvgIpc) is 2.32. The third-order valence-electron chi connectivity index (χ3n) is 2.28. The highest BCUT2D eigenvalue weighted by Crippen LogP contribution is 2.29. The zero-order valence-corrected chi connectivity index (χ0v) is 12.8. The van der Waals surface area contributed by atoms with Crippen molar-refractivity contribution in [1.29, 1.82) is 5.26 Å². The van der Waals surface area contributed by atoms with Crippen LogP contribution in [0.15, 0.2) is 12.1 Å². The summed E-state index contributed by atoms with van der Waals surface area (Å²) in [6.45, 7) is 1.65. The van der Waals surface area contributed by atoms with E-state index in [1.165, 1.54) is 6.07 Å². The summed E-state index contributed by atoms with van der Waals surface area (Å²) in [6.07, 6.45) is 0. The highest BCUT2D eigenvalue weighted by atomic mass is 127. The Balaban J connectivity index is 2.78. The fourth-order valence-corrected chi connectivity index (χ4v) is 2.68. The minimum atomic E-state index is -3.05. The lowest BCUT2D eigenvalue weighted by Crippen LogP contribution is -2.16. The number of anilines is 1. The minimum Gasteiger partial charge on any atom is -0.489 e. The Labute approximate surface area is 120 Å². The van der Waals surface area contributed by atoms with Gasteiger partial charge < -0.3 is 10.5 Å². The van der Waals surface area contributed by atoms with Crippen molar-refractivity contribution in [3.05, 3.63) is 21.3 Å². The largest absolute Gasteiger partial charge is 0.489 e. The minimum absolute atomic E-state index is 0.0426. The summed E-state index contributed by atoms with van der Waals surface area (Å²) in [7, 11) is -3.05.